The molecular formula is C39H42O4. The molecular weight excluding hydrogens is 532 g/mol. The van der Waals surface area contributed by atoms with Gasteiger partial charge >= 0.3 is 0 Å². The van der Waals surface area contributed by atoms with E-state index < -0.39 is 0 Å². The lowest BCUT2D eigenvalue weighted by molar-refractivity contribution is -0.433. The van der Waals surface area contributed by atoms with Gasteiger partial charge < -0.3 is 9.47 Å². The Bertz CT molecular complexity index is 1680. The molecule has 18 atom stereocenters. The van der Waals surface area contributed by atoms with Crippen LogP contribution in [-0.2, 0) is 9.59 Å². The first-order valence-corrected chi connectivity index (χ1v) is 17.4. The predicted octanol–water partition coefficient (Wildman–Crippen LogP) is 6.89. The fraction of sp³-hybridized carbons (Fsp3) is 0.692. The number of ether oxygens (including phenoxy) is 2. The summed E-state index contributed by atoms with van der Waals surface area (Å²) in [5, 5.41) is 2.40. The molecule has 0 heterocycles. The molecule has 0 aromatic heterocycles. The second kappa shape index (κ2) is 6.34. The maximum Gasteiger partial charge on any atom is 0.202 e. The monoisotopic (exact) mass is 574 g/mol. The van der Waals surface area contributed by atoms with Crippen molar-refractivity contribution in [2.75, 3.05) is 14.2 Å². The van der Waals surface area contributed by atoms with E-state index in [9.17, 15) is 9.59 Å². The lowest BCUT2D eigenvalue weighted by atomic mass is 9.13. The molecule has 0 aliphatic heterocycles. The number of ketones is 2. The summed E-state index contributed by atoms with van der Waals surface area (Å²) < 4.78 is 12.6. The Balaban J connectivity index is 0.988. The SMILES string of the molecule is COc1c2c(c(OC)c3ccccc13)[C@@H]1C[C@H]2[C@@H]2[C@H]1[C@@]1(C)[C@@H]3[C@@H]4C[C@@H]([C@@H]5[C@H]4[C@@]4(C)[C@H]6[C@H]([C@H]7C[C@@H]6C(=O)C7=O)[C@@]54C)[C@@H]3[C@@]21C. The van der Waals surface area contributed by atoms with E-state index in [0.29, 0.717) is 34.5 Å². The van der Waals surface area contributed by atoms with Gasteiger partial charge in [0.05, 0.1) is 14.2 Å². The lowest BCUT2D eigenvalue weighted by Gasteiger charge is -2.90. The molecule has 10 aliphatic rings. The maximum absolute atomic E-state index is 13.0. The fourth-order valence-corrected chi connectivity index (χ4v) is 18.4. The third-order valence-corrected chi connectivity index (χ3v) is 18.8. The summed E-state index contributed by atoms with van der Waals surface area (Å²) in [6.45, 7) is 10.6. The van der Waals surface area contributed by atoms with Gasteiger partial charge in [0.1, 0.15) is 11.5 Å². The van der Waals surface area contributed by atoms with Crippen molar-refractivity contribution in [2.45, 2.75) is 58.8 Å². The second-order valence-corrected chi connectivity index (χ2v) is 18.0. The number of carbonyl (C=O) groups is 2. The molecule has 4 nitrogen and oxygen atoms in total. The summed E-state index contributed by atoms with van der Waals surface area (Å²) in [5.74, 6) is 10.7. The van der Waals surface area contributed by atoms with Crippen LogP contribution in [0.25, 0.3) is 10.8 Å². The van der Waals surface area contributed by atoms with Crippen LogP contribution < -0.4 is 9.47 Å². The van der Waals surface area contributed by atoms with Gasteiger partial charge in [0, 0.05) is 33.7 Å². The van der Waals surface area contributed by atoms with Gasteiger partial charge in [-0.15, -0.1) is 0 Å². The van der Waals surface area contributed by atoms with Crippen molar-refractivity contribution >= 4 is 22.3 Å². The number of fused-ring (bicyclic) bond motifs is 32. The van der Waals surface area contributed by atoms with Crippen LogP contribution in [0.2, 0.25) is 0 Å². The molecule has 9 fully saturated rings. The minimum absolute atomic E-state index is 0.00145. The highest BCUT2D eigenvalue weighted by Gasteiger charge is 2.97. The number of methoxy groups -OCH3 is 2. The first kappa shape index (κ1) is 23.9. The molecule has 222 valence electrons. The summed E-state index contributed by atoms with van der Waals surface area (Å²) in [4.78, 5) is 25.9. The van der Waals surface area contributed by atoms with Crippen molar-refractivity contribution in [1.82, 2.24) is 0 Å². The van der Waals surface area contributed by atoms with Crippen LogP contribution in [0.5, 0.6) is 11.5 Å². The second-order valence-electron chi connectivity index (χ2n) is 18.0. The zero-order valence-electron chi connectivity index (χ0n) is 26.1. The van der Waals surface area contributed by atoms with Gasteiger partial charge in [-0.25, -0.2) is 0 Å². The topological polar surface area (TPSA) is 52.6 Å². The number of carbonyl (C=O) groups excluding carboxylic acids is 2. The van der Waals surface area contributed by atoms with E-state index in [1.54, 1.807) is 0 Å². The molecule has 2 aromatic rings. The Morgan fingerprint density at radius 1 is 0.535 bits per heavy atom. The summed E-state index contributed by atoms with van der Waals surface area (Å²) in [7, 11) is 3.74. The molecule has 9 saturated carbocycles. The lowest BCUT2D eigenvalue weighted by Crippen LogP contribution is -2.87. The summed E-state index contributed by atoms with van der Waals surface area (Å²) >= 11 is 0. The van der Waals surface area contributed by atoms with Gasteiger partial charge in [0.2, 0.25) is 11.6 Å². The third-order valence-electron chi connectivity index (χ3n) is 18.8. The average Bonchev–Trinajstić information content (AvgIpc) is 3.85. The molecule has 0 radical (unpaired) electrons. The molecule has 0 N–H and O–H groups in total. The number of Topliss-reactive ketones (excluding diaryl/α,β-unsaturated/α-hetero) is 2. The Kier molecular flexibility index (Phi) is 3.53. The Hall–Kier alpha value is -2.36. The molecule has 0 saturated heterocycles. The van der Waals surface area contributed by atoms with E-state index in [1.165, 1.54) is 34.7 Å². The van der Waals surface area contributed by atoms with E-state index in [4.69, 9.17) is 9.47 Å². The average molecular weight is 575 g/mol. The van der Waals surface area contributed by atoms with E-state index in [0.717, 1.165) is 65.3 Å². The van der Waals surface area contributed by atoms with Gasteiger partial charge in [0.15, 0.2) is 0 Å². The number of hydrogen-bond donors (Lipinski definition) is 0. The summed E-state index contributed by atoms with van der Waals surface area (Å²) in [5.41, 5.74) is 4.27. The molecule has 43 heavy (non-hydrogen) atoms. The first-order valence-electron chi connectivity index (χ1n) is 17.4. The molecule has 10 aliphatic carbocycles. The number of hydrogen-bond acceptors (Lipinski definition) is 4. The van der Waals surface area contributed by atoms with Crippen molar-refractivity contribution in [3.8, 4) is 11.5 Å². The van der Waals surface area contributed by atoms with Gasteiger partial charge in [-0.1, -0.05) is 52.0 Å². The van der Waals surface area contributed by atoms with Crippen LogP contribution in [0, 0.1) is 92.7 Å². The molecule has 6 bridgehead atoms. The maximum atomic E-state index is 13.0. The highest BCUT2D eigenvalue weighted by molar-refractivity contribution is 6.41. The normalized spacial score (nSPS) is 60.5. The van der Waals surface area contributed by atoms with Gasteiger partial charge in [0.25, 0.3) is 0 Å². The standard InChI is InChI=1S/C39H42O4/c1-36-24-16-11-17(23-22(16)34(42-5)14-9-7-8-10-15(14)35(23)43-6)25(24)37(36,2)27-19-12-18(26(27)36)28-29(19)39(4)31-21-13-20(32(40)33(21)41)30(31)38(28,39)3/h7-10,16-21,24-31H,11-13H2,1-6H3/t16-,17+,18-,19+,20-,21+,24-,25+,26+,27-,28-,29+,30+,31-,36-,37+,38-,39+. The van der Waals surface area contributed by atoms with Crippen molar-refractivity contribution in [3.63, 3.8) is 0 Å². The largest absolute Gasteiger partial charge is 0.496 e. The van der Waals surface area contributed by atoms with E-state index in [1.807, 2.05) is 14.2 Å². The number of rotatable bonds is 2. The zero-order chi connectivity index (χ0) is 29.1. The third kappa shape index (κ3) is 1.76. The summed E-state index contributed by atoms with van der Waals surface area (Å²) in [6, 6.07) is 8.70. The molecule has 2 aromatic carbocycles. The van der Waals surface area contributed by atoms with Crippen LogP contribution in [0.15, 0.2) is 24.3 Å². The highest BCUT2D eigenvalue weighted by atomic mass is 16.5. The van der Waals surface area contributed by atoms with Crippen molar-refractivity contribution in [3.05, 3.63) is 35.4 Å². The van der Waals surface area contributed by atoms with Gasteiger partial charge in [-0.05, 0) is 112 Å². The van der Waals surface area contributed by atoms with Crippen LogP contribution in [0.4, 0.5) is 0 Å². The Morgan fingerprint density at radius 3 is 1.26 bits per heavy atom. The minimum Gasteiger partial charge on any atom is -0.496 e. The molecule has 0 amide bonds. The molecule has 4 heteroatoms. The van der Waals surface area contributed by atoms with E-state index in [2.05, 4.69) is 52.0 Å². The van der Waals surface area contributed by atoms with Crippen LogP contribution >= 0.6 is 0 Å². The Labute approximate surface area is 253 Å². The minimum atomic E-state index is 0.00145. The van der Waals surface area contributed by atoms with Crippen molar-refractivity contribution in [1.29, 1.82) is 0 Å². The van der Waals surface area contributed by atoms with Crippen molar-refractivity contribution < 1.29 is 19.1 Å². The zero-order valence-corrected chi connectivity index (χ0v) is 26.1. The van der Waals surface area contributed by atoms with E-state index >= 15 is 0 Å². The predicted molar refractivity (Wildman–Crippen MR) is 161 cm³/mol. The molecule has 0 spiro atoms. The molecule has 12 rings (SSSR count). The van der Waals surface area contributed by atoms with Crippen molar-refractivity contribution in [2.24, 2.45) is 92.7 Å². The van der Waals surface area contributed by atoms with Crippen LogP contribution in [0.3, 0.4) is 0 Å². The number of benzene rings is 2. The fourth-order valence-electron chi connectivity index (χ4n) is 18.4. The van der Waals surface area contributed by atoms with E-state index in [-0.39, 0.29) is 34.2 Å². The van der Waals surface area contributed by atoms with Gasteiger partial charge in [-0.2, -0.15) is 0 Å². The highest BCUT2D eigenvalue weighted by Crippen LogP contribution is 3.01. The quantitative estimate of drug-likeness (QED) is 0.223. The Morgan fingerprint density at radius 2 is 0.884 bits per heavy atom. The van der Waals surface area contributed by atoms with Gasteiger partial charge in [-0.3, -0.25) is 9.59 Å². The van der Waals surface area contributed by atoms with Crippen LogP contribution in [0.1, 0.15) is 69.9 Å². The smallest absolute Gasteiger partial charge is 0.202 e. The molecule has 0 unspecified atom stereocenters. The first-order chi connectivity index (χ1) is 20.6. The van der Waals surface area contributed by atoms with Crippen LogP contribution in [-0.4, -0.2) is 25.8 Å². The summed E-state index contributed by atoms with van der Waals surface area (Å²) in [6.07, 6.45) is 3.54.